The third-order valence-electron chi connectivity index (χ3n) is 3.18. The van der Waals surface area contributed by atoms with Crippen molar-refractivity contribution in [3.8, 4) is 10.6 Å². The highest BCUT2D eigenvalue weighted by Gasteiger charge is 2.23. The minimum atomic E-state index is -0.404. The Kier molecular flexibility index (Phi) is 3.09. The van der Waals surface area contributed by atoms with E-state index in [9.17, 15) is 4.39 Å². The number of benzene rings is 1. The van der Waals surface area contributed by atoms with E-state index in [1.165, 1.54) is 16.2 Å². The molecule has 0 spiro atoms. The molecule has 1 aromatic carbocycles. The Bertz CT molecular complexity index is 597. The lowest BCUT2D eigenvalue weighted by Gasteiger charge is -2.15. The molecule has 2 nitrogen and oxygen atoms in total. The largest absolute Gasteiger partial charge is 0.323 e. The van der Waals surface area contributed by atoms with Crippen molar-refractivity contribution in [2.75, 3.05) is 0 Å². The van der Waals surface area contributed by atoms with Crippen molar-refractivity contribution in [1.29, 1.82) is 0 Å². The van der Waals surface area contributed by atoms with Gasteiger partial charge in [-0.25, -0.2) is 9.37 Å². The van der Waals surface area contributed by atoms with Gasteiger partial charge >= 0.3 is 0 Å². The molecule has 0 radical (unpaired) electrons. The highest BCUT2D eigenvalue weighted by Crippen LogP contribution is 2.37. The van der Waals surface area contributed by atoms with E-state index in [0.717, 1.165) is 25.0 Å². The quantitative estimate of drug-likeness (QED) is 0.860. The van der Waals surface area contributed by atoms with Gasteiger partial charge in [0.2, 0.25) is 0 Å². The van der Waals surface area contributed by atoms with Crippen LogP contribution in [-0.4, -0.2) is 4.98 Å². The Morgan fingerprint density at radius 3 is 3.06 bits per heavy atom. The van der Waals surface area contributed by atoms with Crippen LogP contribution < -0.4 is 5.73 Å². The number of nitrogens with two attached hydrogens (primary N) is 1. The van der Waals surface area contributed by atoms with Gasteiger partial charge < -0.3 is 5.73 Å². The van der Waals surface area contributed by atoms with Crippen molar-refractivity contribution < 1.29 is 4.39 Å². The number of fused-ring (bicyclic) bond motifs is 1. The SMILES string of the molecule is NC1CCCc2sc(-c3cccc(Cl)c3F)nc21. The summed E-state index contributed by atoms with van der Waals surface area (Å²) in [6, 6.07) is 4.97. The maximum Gasteiger partial charge on any atom is 0.152 e. The van der Waals surface area contributed by atoms with Crippen LogP contribution in [-0.2, 0) is 6.42 Å². The third kappa shape index (κ3) is 1.94. The molecule has 2 N–H and O–H groups in total. The summed E-state index contributed by atoms with van der Waals surface area (Å²) in [6.45, 7) is 0. The molecule has 0 amide bonds. The standard InChI is InChI=1S/C13H12ClFN2S/c14-8-4-1-3-7(11(8)15)13-17-12-9(16)5-2-6-10(12)18-13/h1,3-4,9H,2,5-6,16H2. The summed E-state index contributed by atoms with van der Waals surface area (Å²) >= 11 is 7.32. The number of thiazole rings is 1. The molecule has 0 fully saturated rings. The van der Waals surface area contributed by atoms with E-state index in [4.69, 9.17) is 17.3 Å². The molecule has 3 rings (SSSR count). The van der Waals surface area contributed by atoms with E-state index in [0.29, 0.717) is 10.6 Å². The van der Waals surface area contributed by atoms with Crippen LogP contribution in [0.4, 0.5) is 4.39 Å². The van der Waals surface area contributed by atoms with Crippen molar-refractivity contribution in [2.24, 2.45) is 5.73 Å². The molecule has 94 valence electrons. The van der Waals surface area contributed by atoms with Crippen LogP contribution in [0.2, 0.25) is 5.02 Å². The summed E-state index contributed by atoms with van der Waals surface area (Å²) in [5.74, 6) is -0.404. The fourth-order valence-electron chi connectivity index (χ4n) is 2.24. The van der Waals surface area contributed by atoms with E-state index in [2.05, 4.69) is 4.98 Å². The van der Waals surface area contributed by atoms with Crippen LogP contribution in [0.25, 0.3) is 10.6 Å². The Balaban J connectivity index is 2.10. The average molecular weight is 283 g/mol. The monoisotopic (exact) mass is 282 g/mol. The normalized spacial score (nSPS) is 18.7. The first kappa shape index (κ1) is 12.1. The smallest absolute Gasteiger partial charge is 0.152 e. The summed E-state index contributed by atoms with van der Waals surface area (Å²) in [5, 5.41) is 0.808. The maximum atomic E-state index is 14.0. The summed E-state index contributed by atoms with van der Waals surface area (Å²) < 4.78 is 14.0. The van der Waals surface area contributed by atoms with Gasteiger partial charge in [-0.15, -0.1) is 11.3 Å². The van der Waals surface area contributed by atoms with Gasteiger partial charge in [0.15, 0.2) is 5.82 Å². The van der Waals surface area contributed by atoms with Gasteiger partial charge in [0.05, 0.1) is 10.7 Å². The molecule has 1 aliphatic rings. The number of rotatable bonds is 1. The van der Waals surface area contributed by atoms with E-state index in [1.807, 2.05) is 0 Å². The number of nitrogens with zero attached hydrogens (tertiary/aromatic N) is 1. The van der Waals surface area contributed by atoms with E-state index < -0.39 is 5.82 Å². The molecule has 18 heavy (non-hydrogen) atoms. The second kappa shape index (κ2) is 4.61. The van der Waals surface area contributed by atoms with Gasteiger partial charge in [0, 0.05) is 16.5 Å². The number of hydrogen-bond acceptors (Lipinski definition) is 3. The molecule has 1 aliphatic carbocycles. The fourth-order valence-corrected chi connectivity index (χ4v) is 3.60. The average Bonchev–Trinajstić information content (AvgIpc) is 2.78. The van der Waals surface area contributed by atoms with Crippen LogP contribution in [0.15, 0.2) is 18.2 Å². The van der Waals surface area contributed by atoms with Crippen molar-refractivity contribution >= 4 is 22.9 Å². The molecular formula is C13H12ClFN2S. The number of aryl methyl sites for hydroxylation is 1. The maximum absolute atomic E-state index is 14.0. The summed E-state index contributed by atoms with van der Waals surface area (Å²) in [6.07, 6.45) is 3.02. The van der Waals surface area contributed by atoms with Crippen LogP contribution in [0.1, 0.15) is 29.5 Å². The second-order valence-electron chi connectivity index (χ2n) is 4.43. The van der Waals surface area contributed by atoms with Crippen molar-refractivity contribution in [3.63, 3.8) is 0 Å². The molecule has 0 bridgehead atoms. The highest BCUT2D eigenvalue weighted by molar-refractivity contribution is 7.15. The van der Waals surface area contributed by atoms with Gasteiger partial charge in [0.25, 0.3) is 0 Å². The van der Waals surface area contributed by atoms with Crippen molar-refractivity contribution in [1.82, 2.24) is 4.98 Å². The first-order valence-electron chi connectivity index (χ1n) is 5.86. The third-order valence-corrected chi connectivity index (χ3v) is 4.64. The first-order valence-corrected chi connectivity index (χ1v) is 7.06. The molecule has 1 unspecified atom stereocenters. The zero-order valence-electron chi connectivity index (χ0n) is 9.62. The summed E-state index contributed by atoms with van der Waals surface area (Å²) in [4.78, 5) is 5.68. The molecule has 0 saturated heterocycles. The lowest BCUT2D eigenvalue weighted by Crippen LogP contribution is -2.16. The van der Waals surface area contributed by atoms with Gasteiger partial charge in [-0.1, -0.05) is 17.7 Å². The Morgan fingerprint density at radius 1 is 1.44 bits per heavy atom. The lowest BCUT2D eigenvalue weighted by molar-refractivity contribution is 0.564. The number of halogens is 2. The molecule has 5 heteroatoms. The molecule has 1 atom stereocenters. The van der Waals surface area contributed by atoms with Gasteiger partial charge in [0.1, 0.15) is 5.01 Å². The molecule has 2 aromatic rings. The highest BCUT2D eigenvalue weighted by atomic mass is 35.5. The van der Waals surface area contributed by atoms with E-state index in [-0.39, 0.29) is 11.1 Å². The molecule has 0 aliphatic heterocycles. The molecule has 0 saturated carbocycles. The van der Waals surface area contributed by atoms with E-state index in [1.54, 1.807) is 18.2 Å². The molecule has 1 heterocycles. The first-order chi connectivity index (χ1) is 8.66. The van der Waals surface area contributed by atoms with Crippen molar-refractivity contribution in [3.05, 3.63) is 39.6 Å². The predicted molar refractivity (Wildman–Crippen MR) is 72.4 cm³/mol. The number of aromatic nitrogens is 1. The van der Waals surface area contributed by atoms with E-state index >= 15 is 0 Å². The zero-order chi connectivity index (χ0) is 12.7. The Morgan fingerprint density at radius 2 is 2.28 bits per heavy atom. The number of hydrogen-bond donors (Lipinski definition) is 1. The van der Waals surface area contributed by atoms with Gasteiger partial charge in [-0.2, -0.15) is 0 Å². The van der Waals surface area contributed by atoms with Crippen LogP contribution >= 0.6 is 22.9 Å². The van der Waals surface area contributed by atoms with Gasteiger partial charge in [-0.3, -0.25) is 0 Å². The van der Waals surface area contributed by atoms with Crippen LogP contribution in [0.5, 0.6) is 0 Å². The summed E-state index contributed by atoms with van der Waals surface area (Å²) in [7, 11) is 0. The Labute approximate surface area is 114 Å². The Hall–Kier alpha value is -0.970. The predicted octanol–water partition coefficient (Wildman–Crippen LogP) is 3.94. The minimum Gasteiger partial charge on any atom is -0.323 e. The van der Waals surface area contributed by atoms with Crippen LogP contribution in [0, 0.1) is 5.82 Å². The summed E-state index contributed by atoms with van der Waals surface area (Å²) in [5.41, 5.74) is 7.43. The second-order valence-corrected chi connectivity index (χ2v) is 5.92. The van der Waals surface area contributed by atoms with Crippen molar-refractivity contribution in [2.45, 2.75) is 25.3 Å². The molecule has 1 aromatic heterocycles. The lowest BCUT2D eigenvalue weighted by atomic mass is 9.99. The fraction of sp³-hybridized carbons (Fsp3) is 0.308. The zero-order valence-corrected chi connectivity index (χ0v) is 11.2. The molecular weight excluding hydrogens is 271 g/mol. The minimum absolute atomic E-state index is 0.0130. The topological polar surface area (TPSA) is 38.9 Å². The van der Waals surface area contributed by atoms with Gasteiger partial charge in [-0.05, 0) is 31.4 Å². The van der Waals surface area contributed by atoms with Crippen LogP contribution in [0.3, 0.4) is 0 Å².